The van der Waals surface area contributed by atoms with E-state index in [0.29, 0.717) is 18.1 Å². The summed E-state index contributed by atoms with van der Waals surface area (Å²) in [4.78, 5) is 4.06. The number of nitrogens with one attached hydrogen (secondary N) is 2. The van der Waals surface area contributed by atoms with E-state index in [2.05, 4.69) is 20.4 Å². The molecule has 0 amide bonds. The fraction of sp³-hybridized carbons (Fsp3) is 0.235. The van der Waals surface area contributed by atoms with Crippen molar-refractivity contribution in [3.05, 3.63) is 65.5 Å². The van der Waals surface area contributed by atoms with Crippen molar-refractivity contribution >= 4 is 5.96 Å². The molecule has 24 heavy (non-hydrogen) atoms. The Kier molecular flexibility index (Phi) is 6.48. The summed E-state index contributed by atoms with van der Waals surface area (Å²) in [5.74, 6) is 0.317. The van der Waals surface area contributed by atoms with Crippen LogP contribution in [0.1, 0.15) is 11.1 Å². The van der Waals surface area contributed by atoms with E-state index in [4.69, 9.17) is 0 Å². The summed E-state index contributed by atoms with van der Waals surface area (Å²) in [5.41, 5.74) is 1.48. The summed E-state index contributed by atoms with van der Waals surface area (Å²) in [5, 5.41) is 6.08. The number of para-hydroxylation sites is 1. The van der Waals surface area contributed by atoms with Gasteiger partial charge in [-0.25, -0.2) is 4.39 Å². The Hall–Kier alpha value is -2.70. The first kappa shape index (κ1) is 17.7. The molecule has 0 aliphatic carbocycles. The van der Waals surface area contributed by atoms with Gasteiger partial charge in [-0.1, -0.05) is 30.3 Å². The molecule has 0 atom stereocenters. The predicted octanol–water partition coefficient (Wildman–Crippen LogP) is 3.29. The number of aliphatic imine (C=N–C) groups is 1. The fourth-order valence-corrected chi connectivity index (χ4v) is 2.05. The third kappa shape index (κ3) is 5.49. The molecule has 128 valence electrons. The normalized spacial score (nSPS) is 11.5. The Balaban J connectivity index is 1.91. The lowest BCUT2D eigenvalue weighted by Crippen LogP contribution is -2.36. The maximum absolute atomic E-state index is 12.9. The highest BCUT2D eigenvalue weighted by molar-refractivity contribution is 5.79. The lowest BCUT2D eigenvalue weighted by Gasteiger charge is -2.14. The third-order valence-electron chi connectivity index (χ3n) is 3.23. The average molecular weight is 337 g/mol. The summed E-state index contributed by atoms with van der Waals surface area (Å²) in [6.45, 7) is -2.15. The van der Waals surface area contributed by atoms with E-state index in [0.717, 1.165) is 5.56 Å². The number of hydrogen-bond donors (Lipinski definition) is 2. The second-order valence-corrected chi connectivity index (χ2v) is 4.89. The van der Waals surface area contributed by atoms with Gasteiger partial charge in [0.2, 0.25) is 0 Å². The van der Waals surface area contributed by atoms with E-state index in [-0.39, 0.29) is 18.1 Å². The zero-order valence-corrected chi connectivity index (χ0v) is 13.1. The van der Waals surface area contributed by atoms with Crippen LogP contribution < -0.4 is 15.4 Å². The third-order valence-corrected chi connectivity index (χ3v) is 3.23. The topological polar surface area (TPSA) is 45.7 Å². The van der Waals surface area contributed by atoms with Crippen LogP contribution in [0.4, 0.5) is 13.2 Å². The number of alkyl halides is 2. The monoisotopic (exact) mass is 337 g/mol. The molecule has 0 heterocycles. The Labute approximate surface area is 138 Å². The number of nitrogens with zero attached hydrogens (tertiary/aromatic N) is 1. The zero-order chi connectivity index (χ0) is 17.4. The van der Waals surface area contributed by atoms with Crippen molar-refractivity contribution in [2.45, 2.75) is 19.7 Å². The van der Waals surface area contributed by atoms with Crippen molar-refractivity contribution in [2.24, 2.45) is 4.99 Å². The number of hydrogen-bond acceptors (Lipinski definition) is 2. The van der Waals surface area contributed by atoms with Gasteiger partial charge in [0.15, 0.2) is 5.96 Å². The van der Waals surface area contributed by atoms with Gasteiger partial charge >= 0.3 is 6.61 Å². The minimum absolute atomic E-state index is 0.119. The minimum Gasteiger partial charge on any atom is -0.434 e. The second kappa shape index (κ2) is 8.81. The highest BCUT2D eigenvalue weighted by Gasteiger charge is 2.09. The van der Waals surface area contributed by atoms with Gasteiger partial charge < -0.3 is 15.4 Å². The Morgan fingerprint density at radius 1 is 1.04 bits per heavy atom. The van der Waals surface area contributed by atoms with Crippen molar-refractivity contribution in [3.8, 4) is 5.75 Å². The highest BCUT2D eigenvalue weighted by Crippen LogP contribution is 2.19. The van der Waals surface area contributed by atoms with Crippen LogP contribution in [0.25, 0.3) is 0 Å². The standard InChI is InChI=1S/C17H18F3N3O/c1-21-17(22-10-12-6-8-14(18)9-7-12)23-11-13-4-2-3-5-15(13)24-16(19)20/h2-9,16H,10-11H2,1H3,(H2,21,22,23). The van der Waals surface area contributed by atoms with Gasteiger partial charge in [0.05, 0.1) is 0 Å². The number of halogens is 3. The molecule has 0 saturated carbocycles. The van der Waals surface area contributed by atoms with Crippen LogP contribution in [0, 0.1) is 5.82 Å². The molecule has 0 unspecified atom stereocenters. The van der Waals surface area contributed by atoms with Crippen molar-refractivity contribution in [1.82, 2.24) is 10.6 Å². The molecule has 2 aromatic carbocycles. The number of benzene rings is 2. The summed E-state index contributed by atoms with van der Waals surface area (Å²) < 4.78 is 42.1. The first-order chi connectivity index (χ1) is 11.6. The number of ether oxygens (including phenoxy) is 1. The number of guanidine groups is 1. The van der Waals surface area contributed by atoms with Gasteiger partial charge in [-0.15, -0.1) is 0 Å². The predicted molar refractivity (Wildman–Crippen MR) is 86.5 cm³/mol. The van der Waals surface area contributed by atoms with Gasteiger partial charge in [0, 0.05) is 25.7 Å². The van der Waals surface area contributed by atoms with Gasteiger partial charge in [-0.2, -0.15) is 8.78 Å². The van der Waals surface area contributed by atoms with Crippen LogP contribution in [0.2, 0.25) is 0 Å². The van der Waals surface area contributed by atoms with E-state index in [1.165, 1.54) is 18.2 Å². The van der Waals surface area contributed by atoms with Crippen molar-refractivity contribution in [2.75, 3.05) is 7.05 Å². The van der Waals surface area contributed by atoms with Crippen LogP contribution in [0.3, 0.4) is 0 Å². The second-order valence-electron chi connectivity index (χ2n) is 4.89. The van der Waals surface area contributed by atoms with Crippen molar-refractivity contribution in [1.29, 1.82) is 0 Å². The molecule has 0 spiro atoms. The van der Waals surface area contributed by atoms with Crippen LogP contribution in [0.5, 0.6) is 5.75 Å². The van der Waals surface area contributed by atoms with Crippen LogP contribution in [-0.4, -0.2) is 19.6 Å². The SMILES string of the molecule is CN=C(NCc1ccc(F)cc1)NCc1ccccc1OC(F)F. The van der Waals surface area contributed by atoms with Gasteiger partial charge in [0.1, 0.15) is 11.6 Å². The Morgan fingerprint density at radius 3 is 2.38 bits per heavy atom. The lowest BCUT2D eigenvalue weighted by molar-refractivity contribution is -0.0504. The molecule has 0 aliphatic rings. The largest absolute Gasteiger partial charge is 0.434 e. The molecular weight excluding hydrogens is 319 g/mol. The van der Waals surface area contributed by atoms with Gasteiger partial charge in [-0.3, -0.25) is 4.99 Å². The molecule has 0 aliphatic heterocycles. The molecule has 4 nitrogen and oxygen atoms in total. The van der Waals surface area contributed by atoms with E-state index in [1.54, 1.807) is 37.4 Å². The number of rotatable bonds is 6. The minimum atomic E-state index is -2.87. The van der Waals surface area contributed by atoms with Crippen LogP contribution in [0.15, 0.2) is 53.5 Å². The van der Waals surface area contributed by atoms with E-state index in [1.807, 2.05) is 0 Å². The first-order valence-electron chi connectivity index (χ1n) is 7.30. The molecule has 2 aromatic rings. The molecule has 0 radical (unpaired) electrons. The molecule has 2 N–H and O–H groups in total. The smallest absolute Gasteiger partial charge is 0.387 e. The molecule has 0 aromatic heterocycles. The molecule has 2 rings (SSSR count). The quantitative estimate of drug-likeness (QED) is 0.628. The van der Waals surface area contributed by atoms with Gasteiger partial charge in [0.25, 0.3) is 0 Å². The molecule has 0 saturated heterocycles. The summed E-state index contributed by atoms with van der Waals surface area (Å²) >= 11 is 0. The lowest BCUT2D eigenvalue weighted by atomic mass is 10.2. The van der Waals surface area contributed by atoms with Crippen molar-refractivity contribution in [3.63, 3.8) is 0 Å². The van der Waals surface area contributed by atoms with E-state index < -0.39 is 6.61 Å². The molecule has 7 heteroatoms. The molecule has 0 fully saturated rings. The summed E-state index contributed by atoms with van der Waals surface area (Å²) in [7, 11) is 1.60. The van der Waals surface area contributed by atoms with E-state index in [9.17, 15) is 13.2 Å². The van der Waals surface area contributed by atoms with Crippen molar-refractivity contribution < 1.29 is 17.9 Å². The summed E-state index contributed by atoms with van der Waals surface area (Å²) in [6.07, 6.45) is 0. The molecular formula is C17H18F3N3O. The van der Waals surface area contributed by atoms with Crippen LogP contribution >= 0.6 is 0 Å². The maximum atomic E-state index is 12.9. The highest BCUT2D eigenvalue weighted by atomic mass is 19.3. The fourth-order valence-electron chi connectivity index (χ4n) is 2.05. The van der Waals surface area contributed by atoms with Gasteiger partial charge in [-0.05, 0) is 23.8 Å². The molecule has 0 bridgehead atoms. The average Bonchev–Trinajstić information content (AvgIpc) is 2.57. The first-order valence-corrected chi connectivity index (χ1v) is 7.30. The van der Waals surface area contributed by atoms with Crippen LogP contribution in [-0.2, 0) is 13.1 Å². The zero-order valence-electron chi connectivity index (χ0n) is 13.1. The summed E-state index contributed by atoms with van der Waals surface area (Å²) in [6, 6.07) is 12.6. The Bertz CT molecular complexity index is 675. The maximum Gasteiger partial charge on any atom is 0.387 e. The van der Waals surface area contributed by atoms with E-state index >= 15 is 0 Å². The Morgan fingerprint density at radius 2 is 1.71 bits per heavy atom.